The number of aromatic nitrogens is 1. The van der Waals surface area contributed by atoms with Crippen LogP contribution in [0.1, 0.15) is 55.6 Å². The Morgan fingerprint density at radius 1 is 1.15 bits per heavy atom. The van der Waals surface area contributed by atoms with E-state index in [0.29, 0.717) is 32.4 Å². The maximum absolute atomic E-state index is 13.6. The van der Waals surface area contributed by atoms with E-state index >= 15 is 0 Å². The molecule has 1 aromatic heterocycles. The van der Waals surface area contributed by atoms with Gasteiger partial charge in [0.25, 0.3) is 0 Å². The van der Waals surface area contributed by atoms with E-state index in [1.54, 1.807) is 11.0 Å². The minimum absolute atomic E-state index is 0.0228. The van der Waals surface area contributed by atoms with Crippen LogP contribution in [0.15, 0.2) is 42.5 Å². The molecule has 7 heteroatoms. The van der Waals surface area contributed by atoms with Gasteiger partial charge in [-0.25, -0.2) is 4.39 Å². The zero-order chi connectivity index (χ0) is 23.4. The molecule has 0 radical (unpaired) electrons. The van der Waals surface area contributed by atoms with Crippen LogP contribution in [0, 0.1) is 11.2 Å². The first-order valence-corrected chi connectivity index (χ1v) is 11.7. The fourth-order valence-electron chi connectivity index (χ4n) is 4.98. The van der Waals surface area contributed by atoms with E-state index in [4.69, 9.17) is 9.72 Å². The van der Waals surface area contributed by atoms with Crippen molar-refractivity contribution < 1.29 is 18.7 Å². The summed E-state index contributed by atoms with van der Waals surface area (Å²) in [4.78, 5) is 34.4. The minimum Gasteiger partial charge on any atom is -0.375 e. The van der Waals surface area contributed by atoms with Gasteiger partial charge in [0.05, 0.1) is 11.7 Å². The topological polar surface area (TPSA) is 62.7 Å². The van der Waals surface area contributed by atoms with Crippen molar-refractivity contribution in [3.8, 4) is 0 Å². The van der Waals surface area contributed by atoms with E-state index in [-0.39, 0.29) is 30.3 Å². The van der Waals surface area contributed by atoms with Gasteiger partial charge in [0, 0.05) is 44.3 Å². The molecule has 2 aromatic rings. The van der Waals surface area contributed by atoms with Gasteiger partial charge in [0.15, 0.2) is 0 Å². The van der Waals surface area contributed by atoms with Crippen molar-refractivity contribution >= 4 is 11.8 Å². The average Bonchev–Trinajstić information content (AvgIpc) is 3.29. The van der Waals surface area contributed by atoms with Crippen LogP contribution < -0.4 is 0 Å². The first-order chi connectivity index (χ1) is 15.9. The number of halogens is 1. The second-order valence-corrected chi connectivity index (χ2v) is 9.39. The predicted octanol–water partition coefficient (Wildman–Crippen LogP) is 3.75. The van der Waals surface area contributed by atoms with Gasteiger partial charge in [-0.05, 0) is 55.5 Å². The third-order valence-corrected chi connectivity index (χ3v) is 6.96. The van der Waals surface area contributed by atoms with Crippen LogP contribution in [-0.2, 0) is 20.7 Å². The molecule has 0 saturated carbocycles. The number of ether oxygens (including phenoxy) is 1. The first kappa shape index (κ1) is 23.4. The summed E-state index contributed by atoms with van der Waals surface area (Å²) in [6.07, 6.45) is 3.68. The number of benzene rings is 1. The van der Waals surface area contributed by atoms with Gasteiger partial charge < -0.3 is 14.5 Å². The Labute approximate surface area is 194 Å². The maximum Gasteiger partial charge on any atom is 0.248 e. The lowest BCUT2D eigenvalue weighted by Gasteiger charge is -2.41. The Morgan fingerprint density at radius 3 is 2.64 bits per heavy atom. The molecule has 2 aliphatic rings. The Balaban J connectivity index is 1.45. The number of piperidine rings is 1. The highest BCUT2D eigenvalue weighted by Gasteiger charge is 2.43. The van der Waals surface area contributed by atoms with Crippen LogP contribution in [0.3, 0.4) is 0 Å². The predicted molar refractivity (Wildman–Crippen MR) is 123 cm³/mol. The van der Waals surface area contributed by atoms with Crippen molar-refractivity contribution in [2.75, 3.05) is 33.4 Å². The van der Waals surface area contributed by atoms with Gasteiger partial charge in [-0.1, -0.05) is 25.1 Å². The van der Waals surface area contributed by atoms with E-state index in [1.165, 1.54) is 19.2 Å². The summed E-state index contributed by atoms with van der Waals surface area (Å²) in [5.74, 6) is -0.119. The highest BCUT2D eigenvalue weighted by molar-refractivity contribution is 5.84. The summed E-state index contributed by atoms with van der Waals surface area (Å²) in [5.41, 5.74) is 2.16. The first-order valence-electron chi connectivity index (χ1n) is 11.7. The molecule has 2 fully saturated rings. The van der Waals surface area contributed by atoms with Gasteiger partial charge >= 0.3 is 0 Å². The number of carbonyl (C=O) groups excluding carboxylic acids is 2. The second-order valence-electron chi connectivity index (χ2n) is 9.39. The molecule has 176 valence electrons. The summed E-state index contributed by atoms with van der Waals surface area (Å²) in [6, 6.07) is 12.4. The molecule has 0 N–H and O–H groups in total. The smallest absolute Gasteiger partial charge is 0.248 e. The van der Waals surface area contributed by atoms with Crippen LogP contribution in [0.4, 0.5) is 4.39 Å². The molecular weight excluding hydrogens is 421 g/mol. The molecule has 0 bridgehead atoms. The van der Waals surface area contributed by atoms with Gasteiger partial charge in [0.1, 0.15) is 12.4 Å². The normalized spacial score (nSPS) is 20.2. The third-order valence-electron chi connectivity index (χ3n) is 6.96. The molecule has 33 heavy (non-hydrogen) atoms. The standard InChI is InChI=1S/C26H32FN3O3/c1-26(11-14-29(15-12-26)24(31)18-33-2)25(32)30-13-5-10-23(30)22-9-4-8-21(28-22)17-19-6-3-7-20(27)16-19/h3-4,6-9,16,23H,5,10-15,17-18H2,1-2H3/t23-/m1/s1. The SMILES string of the molecule is COCC(=O)N1CCC(C)(C(=O)N2CCC[C@@H]2c2cccc(Cc3cccc(F)c3)n2)CC1. The largest absolute Gasteiger partial charge is 0.375 e. The van der Waals surface area contributed by atoms with Crippen LogP contribution in [0.5, 0.6) is 0 Å². The Hall–Kier alpha value is -2.80. The highest BCUT2D eigenvalue weighted by Crippen LogP contribution is 2.39. The van der Waals surface area contributed by atoms with Gasteiger partial charge in [0.2, 0.25) is 11.8 Å². The molecule has 6 nitrogen and oxygen atoms in total. The van der Waals surface area contributed by atoms with Crippen molar-refractivity contribution in [2.24, 2.45) is 5.41 Å². The van der Waals surface area contributed by atoms with Crippen molar-refractivity contribution in [1.29, 1.82) is 0 Å². The summed E-state index contributed by atoms with van der Waals surface area (Å²) in [6.45, 7) is 3.98. The highest BCUT2D eigenvalue weighted by atomic mass is 19.1. The van der Waals surface area contributed by atoms with Crippen LogP contribution in [0.25, 0.3) is 0 Å². The molecule has 2 amide bonds. The fraction of sp³-hybridized carbons (Fsp3) is 0.500. The molecule has 2 saturated heterocycles. The van der Waals surface area contributed by atoms with Crippen LogP contribution >= 0.6 is 0 Å². The summed E-state index contributed by atoms with van der Waals surface area (Å²) >= 11 is 0. The van der Waals surface area contributed by atoms with Crippen molar-refractivity contribution in [1.82, 2.24) is 14.8 Å². The second kappa shape index (κ2) is 10.00. The number of hydrogen-bond acceptors (Lipinski definition) is 4. The van der Waals surface area contributed by atoms with Gasteiger partial charge in [-0.15, -0.1) is 0 Å². The van der Waals surface area contributed by atoms with E-state index in [9.17, 15) is 14.0 Å². The number of pyridine rings is 1. The number of amides is 2. The molecule has 2 aliphatic heterocycles. The summed E-state index contributed by atoms with van der Waals surface area (Å²) in [7, 11) is 1.52. The number of carbonyl (C=O) groups is 2. The lowest BCUT2D eigenvalue weighted by Crippen LogP contribution is -2.50. The average molecular weight is 454 g/mol. The van der Waals surface area contributed by atoms with Crippen molar-refractivity contribution in [2.45, 2.75) is 45.1 Å². The number of nitrogens with zero attached hydrogens (tertiary/aromatic N) is 3. The van der Waals surface area contributed by atoms with E-state index in [1.807, 2.05) is 36.1 Å². The number of methoxy groups -OCH3 is 1. The minimum atomic E-state index is -0.481. The molecule has 1 aromatic carbocycles. The quantitative estimate of drug-likeness (QED) is 0.668. The molecule has 3 heterocycles. The Kier molecular flexibility index (Phi) is 7.08. The maximum atomic E-state index is 13.6. The van der Waals surface area contributed by atoms with E-state index in [0.717, 1.165) is 36.3 Å². The fourth-order valence-corrected chi connectivity index (χ4v) is 4.98. The van der Waals surface area contributed by atoms with Crippen LogP contribution in [0.2, 0.25) is 0 Å². The monoisotopic (exact) mass is 453 g/mol. The molecule has 1 atom stereocenters. The third kappa shape index (κ3) is 5.24. The Bertz CT molecular complexity index is 1000. The number of likely N-dealkylation sites (tertiary alicyclic amines) is 2. The number of rotatable bonds is 6. The van der Waals surface area contributed by atoms with E-state index < -0.39 is 5.41 Å². The molecule has 0 unspecified atom stereocenters. The van der Waals surface area contributed by atoms with E-state index in [2.05, 4.69) is 0 Å². The lowest BCUT2D eigenvalue weighted by atomic mass is 9.78. The Morgan fingerprint density at radius 2 is 1.91 bits per heavy atom. The van der Waals surface area contributed by atoms with Crippen LogP contribution in [-0.4, -0.2) is 59.9 Å². The molecule has 0 aliphatic carbocycles. The van der Waals surface area contributed by atoms with Gasteiger partial charge in [-0.2, -0.15) is 0 Å². The number of hydrogen-bond donors (Lipinski definition) is 0. The zero-order valence-electron chi connectivity index (χ0n) is 19.4. The molecule has 4 rings (SSSR count). The summed E-state index contributed by atoms with van der Waals surface area (Å²) < 4.78 is 18.5. The van der Waals surface area contributed by atoms with Gasteiger partial charge in [-0.3, -0.25) is 14.6 Å². The molecule has 0 spiro atoms. The van der Waals surface area contributed by atoms with Crippen molar-refractivity contribution in [3.05, 3.63) is 65.2 Å². The summed E-state index contributed by atoms with van der Waals surface area (Å²) in [5, 5.41) is 0. The zero-order valence-corrected chi connectivity index (χ0v) is 19.4. The molecular formula is C26H32FN3O3. The lowest BCUT2D eigenvalue weighted by molar-refractivity contribution is -0.149. The van der Waals surface area contributed by atoms with Crippen molar-refractivity contribution in [3.63, 3.8) is 0 Å².